The van der Waals surface area contributed by atoms with Gasteiger partial charge in [0.15, 0.2) is 0 Å². The zero-order valence-corrected chi connectivity index (χ0v) is 12.3. The molecule has 0 fully saturated rings. The second-order valence-electron chi connectivity index (χ2n) is 6.02. The fourth-order valence-electron chi connectivity index (χ4n) is 2.94. The molecule has 1 N–H and O–H groups in total. The molecule has 2 rings (SSSR count). The highest BCUT2D eigenvalue weighted by Crippen LogP contribution is 2.31. The zero-order valence-electron chi connectivity index (χ0n) is 12.3. The molecule has 106 valence electrons. The quantitative estimate of drug-likeness (QED) is 0.848. The summed E-state index contributed by atoms with van der Waals surface area (Å²) >= 11 is 0. The van der Waals surface area contributed by atoms with Gasteiger partial charge >= 0.3 is 5.97 Å². The molecule has 0 aromatic carbocycles. The van der Waals surface area contributed by atoms with Crippen molar-refractivity contribution in [1.29, 1.82) is 0 Å². The molecule has 0 amide bonds. The Bertz CT molecular complexity index is 463. The standard InChI is InChI=1S/C15H24N2O2/c1-15(2,14(18)19-4)10-17-8-11-6-5-7-13(16-3)12(11)9-17/h8-9,13,16H,5-7,10H2,1-4H3. The van der Waals surface area contributed by atoms with Gasteiger partial charge in [0.25, 0.3) is 0 Å². The van der Waals surface area contributed by atoms with Crippen LogP contribution in [0.3, 0.4) is 0 Å². The Morgan fingerprint density at radius 1 is 1.53 bits per heavy atom. The van der Waals surface area contributed by atoms with Gasteiger partial charge < -0.3 is 14.6 Å². The smallest absolute Gasteiger partial charge is 0.313 e. The number of rotatable bonds is 4. The van der Waals surface area contributed by atoms with Crippen LogP contribution in [0.15, 0.2) is 12.4 Å². The third-order valence-electron chi connectivity index (χ3n) is 3.98. The Morgan fingerprint density at radius 3 is 2.89 bits per heavy atom. The molecule has 1 aromatic heterocycles. The van der Waals surface area contributed by atoms with Crippen molar-refractivity contribution >= 4 is 5.97 Å². The van der Waals surface area contributed by atoms with E-state index < -0.39 is 5.41 Å². The van der Waals surface area contributed by atoms with Crippen molar-refractivity contribution in [3.05, 3.63) is 23.5 Å². The van der Waals surface area contributed by atoms with Crippen molar-refractivity contribution in [2.45, 2.75) is 45.7 Å². The van der Waals surface area contributed by atoms with E-state index in [0.717, 1.165) is 6.42 Å². The van der Waals surface area contributed by atoms with E-state index in [4.69, 9.17) is 4.74 Å². The molecule has 1 heterocycles. The van der Waals surface area contributed by atoms with Crippen LogP contribution in [0.25, 0.3) is 0 Å². The number of hydrogen-bond acceptors (Lipinski definition) is 3. The van der Waals surface area contributed by atoms with Crippen LogP contribution in [0.4, 0.5) is 0 Å². The molecule has 0 spiro atoms. The average molecular weight is 264 g/mol. The van der Waals surface area contributed by atoms with Crippen LogP contribution in [0.1, 0.15) is 43.9 Å². The summed E-state index contributed by atoms with van der Waals surface area (Å²) in [6.07, 6.45) is 7.92. The predicted octanol–water partition coefficient (Wildman–Crippen LogP) is 2.28. The van der Waals surface area contributed by atoms with Gasteiger partial charge in [0.05, 0.1) is 12.5 Å². The Kier molecular flexibility index (Phi) is 3.99. The second kappa shape index (κ2) is 5.37. The lowest BCUT2D eigenvalue weighted by Gasteiger charge is -2.22. The third-order valence-corrected chi connectivity index (χ3v) is 3.98. The highest BCUT2D eigenvalue weighted by atomic mass is 16.5. The zero-order chi connectivity index (χ0) is 14.0. The Morgan fingerprint density at radius 2 is 2.26 bits per heavy atom. The van der Waals surface area contributed by atoms with E-state index in [9.17, 15) is 4.79 Å². The lowest BCUT2D eigenvalue weighted by molar-refractivity contribution is -0.151. The summed E-state index contributed by atoms with van der Waals surface area (Å²) in [6.45, 7) is 4.50. The highest BCUT2D eigenvalue weighted by molar-refractivity contribution is 5.75. The van der Waals surface area contributed by atoms with Gasteiger partial charge in [0.2, 0.25) is 0 Å². The lowest BCUT2D eigenvalue weighted by Crippen LogP contribution is -2.30. The normalized spacial score (nSPS) is 19.1. The first-order chi connectivity index (χ1) is 8.97. The Balaban J connectivity index is 2.19. The van der Waals surface area contributed by atoms with E-state index in [2.05, 4.69) is 22.3 Å². The van der Waals surface area contributed by atoms with Gasteiger partial charge in [-0.25, -0.2) is 0 Å². The van der Waals surface area contributed by atoms with E-state index in [1.54, 1.807) is 0 Å². The maximum atomic E-state index is 11.8. The first-order valence-corrected chi connectivity index (χ1v) is 6.92. The van der Waals surface area contributed by atoms with Crippen LogP contribution < -0.4 is 5.32 Å². The number of carbonyl (C=O) groups is 1. The van der Waals surface area contributed by atoms with E-state index in [-0.39, 0.29) is 5.97 Å². The van der Waals surface area contributed by atoms with Crippen LogP contribution in [0.2, 0.25) is 0 Å². The van der Waals surface area contributed by atoms with Gasteiger partial charge in [-0.3, -0.25) is 4.79 Å². The lowest BCUT2D eigenvalue weighted by atomic mass is 9.91. The van der Waals surface area contributed by atoms with E-state index in [1.165, 1.54) is 31.1 Å². The van der Waals surface area contributed by atoms with Crippen LogP contribution in [-0.4, -0.2) is 24.7 Å². The largest absolute Gasteiger partial charge is 0.469 e. The average Bonchev–Trinajstić information content (AvgIpc) is 2.78. The van der Waals surface area contributed by atoms with Crippen LogP contribution >= 0.6 is 0 Å². The summed E-state index contributed by atoms with van der Waals surface area (Å²) in [6, 6.07) is 0.450. The van der Waals surface area contributed by atoms with Gasteiger partial charge in [0, 0.05) is 25.0 Å². The molecule has 0 aliphatic heterocycles. The summed E-state index contributed by atoms with van der Waals surface area (Å²) < 4.78 is 7.00. The SMILES string of the molecule is CNC1CCCc2cn(CC(C)(C)C(=O)OC)cc21. The number of ether oxygens (including phenoxy) is 1. The number of carbonyl (C=O) groups excluding carboxylic acids is 1. The minimum atomic E-state index is -0.495. The van der Waals surface area contributed by atoms with Crippen LogP contribution in [0, 0.1) is 5.41 Å². The Hall–Kier alpha value is -1.29. The first kappa shape index (κ1) is 14.1. The van der Waals surface area contributed by atoms with Gasteiger partial charge in [0.1, 0.15) is 0 Å². The Labute approximate surface area is 115 Å². The molecule has 1 atom stereocenters. The van der Waals surface area contributed by atoms with E-state index in [1.807, 2.05) is 20.9 Å². The number of nitrogens with zero attached hydrogens (tertiary/aromatic N) is 1. The van der Waals surface area contributed by atoms with Crippen molar-refractivity contribution < 1.29 is 9.53 Å². The summed E-state index contributed by atoms with van der Waals surface area (Å²) in [5.41, 5.74) is 2.30. The monoisotopic (exact) mass is 264 g/mol. The van der Waals surface area contributed by atoms with Crippen LogP contribution in [0.5, 0.6) is 0 Å². The number of aryl methyl sites for hydroxylation is 1. The molecular formula is C15H24N2O2. The molecule has 1 aliphatic rings. The van der Waals surface area contributed by atoms with Crippen molar-refractivity contribution in [2.24, 2.45) is 5.41 Å². The number of nitrogens with one attached hydrogen (secondary N) is 1. The number of aromatic nitrogens is 1. The van der Waals surface area contributed by atoms with Crippen molar-refractivity contribution in [3.8, 4) is 0 Å². The highest BCUT2D eigenvalue weighted by Gasteiger charge is 2.30. The molecular weight excluding hydrogens is 240 g/mol. The minimum Gasteiger partial charge on any atom is -0.469 e. The molecule has 1 unspecified atom stereocenters. The topological polar surface area (TPSA) is 43.3 Å². The third kappa shape index (κ3) is 2.84. The fraction of sp³-hybridized carbons (Fsp3) is 0.667. The molecule has 4 heteroatoms. The molecule has 1 aromatic rings. The van der Waals surface area contributed by atoms with Gasteiger partial charge in [-0.2, -0.15) is 0 Å². The summed E-state index contributed by atoms with van der Waals surface area (Å²) in [5, 5.41) is 3.37. The molecule has 19 heavy (non-hydrogen) atoms. The van der Waals surface area contributed by atoms with Crippen molar-refractivity contribution in [1.82, 2.24) is 9.88 Å². The maximum absolute atomic E-state index is 11.8. The number of methoxy groups -OCH3 is 1. The summed E-state index contributed by atoms with van der Waals surface area (Å²) in [4.78, 5) is 11.8. The summed E-state index contributed by atoms with van der Waals surface area (Å²) in [5.74, 6) is -0.163. The van der Waals surface area contributed by atoms with Crippen molar-refractivity contribution in [2.75, 3.05) is 14.2 Å². The van der Waals surface area contributed by atoms with Gasteiger partial charge in [-0.05, 0) is 51.3 Å². The number of hydrogen-bond donors (Lipinski definition) is 1. The predicted molar refractivity (Wildman–Crippen MR) is 75.0 cm³/mol. The summed E-state index contributed by atoms with van der Waals surface area (Å²) in [7, 11) is 3.46. The molecule has 4 nitrogen and oxygen atoms in total. The number of esters is 1. The molecule has 0 saturated carbocycles. The minimum absolute atomic E-state index is 0.163. The van der Waals surface area contributed by atoms with E-state index >= 15 is 0 Å². The molecule has 1 aliphatic carbocycles. The number of fused-ring (bicyclic) bond motifs is 1. The first-order valence-electron chi connectivity index (χ1n) is 6.92. The van der Waals surface area contributed by atoms with Gasteiger partial charge in [-0.15, -0.1) is 0 Å². The molecule has 0 bridgehead atoms. The maximum Gasteiger partial charge on any atom is 0.313 e. The molecule has 0 saturated heterocycles. The van der Waals surface area contributed by atoms with E-state index in [0.29, 0.717) is 12.6 Å². The van der Waals surface area contributed by atoms with Crippen LogP contribution in [-0.2, 0) is 22.5 Å². The fourth-order valence-corrected chi connectivity index (χ4v) is 2.94. The van der Waals surface area contributed by atoms with Gasteiger partial charge in [-0.1, -0.05) is 0 Å². The van der Waals surface area contributed by atoms with Crippen molar-refractivity contribution in [3.63, 3.8) is 0 Å². The molecule has 0 radical (unpaired) electrons. The second-order valence-corrected chi connectivity index (χ2v) is 6.02.